The van der Waals surface area contributed by atoms with Gasteiger partial charge in [-0.1, -0.05) is 11.5 Å². The molecule has 0 atom stereocenters. The van der Waals surface area contributed by atoms with Gasteiger partial charge in [-0.2, -0.15) is 0 Å². The molecule has 1 aliphatic rings. The van der Waals surface area contributed by atoms with Crippen LogP contribution in [0.2, 0.25) is 0 Å². The molecule has 0 unspecified atom stereocenters. The van der Waals surface area contributed by atoms with Gasteiger partial charge in [0.15, 0.2) is 0 Å². The molecule has 0 aliphatic carbocycles. The van der Waals surface area contributed by atoms with Crippen molar-refractivity contribution in [3.8, 4) is 0 Å². The van der Waals surface area contributed by atoms with Gasteiger partial charge in [-0.05, 0) is 54.7 Å². The lowest BCUT2D eigenvalue weighted by molar-refractivity contribution is 0.00578. The second kappa shape index (κ2) is 5.64. The van der Waals surface area contributed by atoms with E-state index in [-0.39, 0.29) is 18.3 Å². The van der Waals surface area contributed by atoms with Crippen LogP contribution in [0.5, 0.6) is 0 Å². The second-order valence-corrected chi connectivity index (χ2v) is 5.16. The van der Waals surface area contributed by atoms with E-state index >= 15 is 0 Å². The van der Waals surface area contributed by atoms with Crippen molar-refractivity contribution in [2.75, 3.05) is 0 Å². The van der Waals surface area contributed by atoms with Gasteiger partial charge >= 0.3 is 7.12 Å². The van der Waals surface area contributed by atoms with Gasteiger partial charge in [0.2, 0.25) is 0 Å². The minimum Gasteiger partial charge on any atom is -0.400 e. The van der Waals surface area contributed by atoms with Crippen LogP contribution in [0.1, 0.15) is 48.5 Å². The molecule has 16 heavy (non-hydrogen) atoms. The minimum absolute atomic E-state index is 0.185. The molecule has 0 aromatic rings. The first-order chi connectivity index (χ1) is 7.16. The lowest BCUT2D eigenvalue weighted by Crippen LogP contribution is -2.41. The van der Waals surface area contributed by atoms with Gasteiger partial charge in [0.25, 0.3) is 0 Å². The van der Waals surface area contributed by atoms with Gasteiger partial charge in [0.1, 0.15) is 0 Å². The van der Waals surface area contributed by atoms with E-state index < -0.39 is 0 Å². The van der Waals surface area contributed by atoms with Gasteiger partial charge in [0, 0.05) is 0 Å². The summed E-state index contributed by atoms with van der Waals surface area (Å²) in [7, 11) is -0.185. The summed E-state index contributed by atoms with van der Waals surface area (Å²) in [6.45, 7) is 14.0. The highest BCUT2D eigenvalue weighted by Crippen LogP contribution is 2.36. The van der Waals surface area contributed by atoms with Gasteiger partial charge in [0.05, 0.1) is 11.2 Å². The Hall–Kier alpha value is -0.605. The number of hydrogen-bond acceptors (Lipinski definition) is 3. The minimum atomic E-state index is -0.219. The molecular formula is C12H24BNO2. The lowest BCUT2D eigenvalue weighted by Gasteiger charge is -2.32. The third kappa shape index (κ3) is 4.10. The number of hydrogen-bond donors (Lipinski definition) is 1. The summed E-state index contributed by atoms with van der Waals surface area (Å²) in [4.78, 5) is 0. The van der Waals surface area contributed by atoms with E-state index in [9.17, 15) is 0 Å². The van der Waals surface area contributed by atoms with Crippen LogP contribution in [0.15, 0.2) is 11.5 Å². The molecule has 1 saturated heterocycles. The first-order valence-electron chi connectivity index (χ1n) is 5.62. The van der Waals surface area contributed by atoms with Crippen LogP contribution in [0.3, 0.4) is 0 Å². The molecule has 1 N–H and O–H groups in total. The van der Waals surface area contributed by atoms with Crippen molar-refractivity contribution in [1.29, 1.82) is 5.41 Å². The van der Waals surface area contributed by atoms with Crippen LogP contribution >= 0.6 is 0 Å². The van der Waals surface area contributed by atoms with Gasteiger partial charge in [-0.15, -0.1) is 0 Å². The summed E-state index contributed by atoms with van der Waals surface area (Å²) in [6.07, 6.45) is 1.25. The number of rotatable bonds is 1. The van der Waals surface area contributed by atoms with E-state index in [2.05, 4.69) is 27.7 Å². The maximum Gasteiger partial charge on any atom is 0.487 e. The Balaban J connectivity index is 0.000000673. The molecule has 1 rings (SSSR count). The first kappa shape index (κ1) is 15.4. The van der Waals surface area contributed by atoms with Crippen LogP contribution in [-0.2, 0) is 9.31 Å². The van der Waals surface area contributed by atoms with E-state index in [0.717, 1.165) is 0 Å². The zero-order chi connectivity index (χ0) is 13.0. The second-order valence-electron chi connectivity index (χ2n) is 5.16. The molecule has 0 saturated carbocycles. The molecule has 0 bridgehead atoms. The highest BCUT2D eigenvalue weighted by atomic mass is 16.7. The smallest absolute Gasteiger partial charge is 0.400 e. The highest BCUT2D eigenvalue weighted by molar-refractivity contribution is 6.51. The molecule has 1 fully saturated rings. The SMILES string of the molecule is CC(C)=CB1OC(C)(C)C(C)(C)O1.CC=N. The van der Waals surface area contributed by atoms with E-state index in [1.165, 1.54) is 11.8 Å². The predicted molar refractivity (Wildman–Crippen MR) is 70.0 cm³/mol. The number of allylic oxidation sites excluding steroid dienone is 1. The average molecular weight is 225 g/mol. The van der Waals surface area contributed by atoms with E-state index in [4.69, 9.17) is 14.7 Å². The van der Waals surface area contributed by atoms with E-state index in [0.29, 0.717) is 0 Å². The Kier molecular flexibility index (Phi) is 5.43. The summed E-state index contributed by atoms with van der Waals surface area (Å²) in [5, 5.41) is 6.08. The molecule has 3 nitrogen and oxygen atoms in total. The van der Waals surface area contributed by atoms with Crippen LogP contribution in [0.25, 0.3) is 0 Å². The average Bonchev–Trinajstić information content (AvgIpc) is 2.19. The van der Waals surface area contributed by atoms with Gasteiger partial charge in [-0.3, -0.25) is 0 Å². The van der Waals surface area contributed by atoms with Gasteiger partial charge in [-0.25, -0.2) is 0 Å². The monoisotopic (exact) mass is 225 g/mol. The van der Waals surface area contributed by atoms with Crippen LogP contribution in [-0.4, -0.2) is 24.5 Å². The quantitative estimate of drug-likeness (QED) is 0.549. The van der Waals surface area contributed by atoms with Crippen molar-refractivity contribution >= 4 is 13.3 Å². The summed E-state index contributed by atoms with van der Waals surface area (Å²) in [6, 6.07) is 0. The molecule has 92 valence electrons. The topological polar surface area (TPSA) is 42.3 Å². The molecule has 0 aromatic heterocycles. The third-order valence-electron chi connectivity index (χ3n) is 2.74. The summed E-state index contributed by atoms with van der Waals surface area (Å²) in [5.41, 5.74) is 0.784. The molecule has 0 spiro atoms. The largest absolute Gasteiger partial charge is 0.487 e. The molecule has 1 heterocycles. The maximum atomic E-state index is 6.08. The van der Waals surface area contributed by atoms with Crippen molar-refractivity contribution in [2.24, 2.45) is 0 Å². The fraction of sp³-hybridized carbons (Fsp3) is 0.750. The Morgan fingerprint density at radius 1 is 1.06 bits per heavy atom. The van der Waals surface area contributed by atoms with Gasteiger partial charge < -0.3 is 14.7 Å². The summed E-state index contributed by atoms with van der Waals surface area (Å²) < 4.78 is 11.6. The highest BCUT2D eigenvalue weighted by Gasteiger charge is 2.50. The third-order valence-corrected chi connectivity index (χ3v) is 2.74. The zero-order valence-electron chi connectivity index (χ0n) is 11.5. The van der Waals surface area contributed by atoms with Crippen molar-refractivity contribution in [3.05, 3.63) is 11.5 Å². The molecular weight excluding hydrogens is 201 g/mol. The van der Waals surface area contributed by atoms with Crippen molar-refractivity contribution in [2.45, 2.75) is 59.7 Å². The summed E-state index contributed by atoms with van der Waals surface area (Å²) in [5.74, 6) is 2.01. The maximum absolute atomic E-state index is 6.08. The number of nitrogens with one attached hydrogen (secondary N) is 1. The Morgan fingerprint density at radius 2 is 1.38 bits per heavy atom. The fourth-order valence-electron chi connectivity index (χ4n) is 1.23. The van der Waals surface area contributed by atoms with Crippen molar-refractivity contribution in [1.82, 2.24) is 0 Å². The molecule has 0 amide bonds. The lowest BCUT2D eigenvalue weighted by atomic mass is 9.88. The zero-order valence-corrected chi connectivity index (χ0v) is 11.5. The molecule has 1 aliphatic heterocycles. The normalized spacial score (nSPS) is 20.8. The predicted octanol–water partition coefficient (Wildman–Crippen LogP) is 3.24. The van der Waals surface area contributed by atoms with E-state index in [1.807, 2.05) is 19.8 Å². The van der Waals surface area contributed by atoms with Crippen molar-refractivity contribution < 1.29 is 9.31 Å². The Bertz CT molecular complexity index is 252. The molecule has 0 radical (unpaired) electrons. The van der Waals surface area contributed by atoms with Crippen LogP contribution in [0.4, 0.5) is 0 Å². The van der Waals surface area contributed by atoms with Crippen LogP contribution in [0, 0.1) is 5.41 Å². The van der Waals surface area contributed by atoms with Crippen molar-refractivity contribution in [3.63, 3.8) is 0 Å². The molecule has 4 heteroatoms. The molecule has 0 aromatic carbocycles. The fourth-order valence-corrected chi connectivity index (χ4v) is 1.23. The Morgan fingerprint density at radius 3 is 1.62 bits per heavy atom. The standard InChI is InChI=1S/C10H19BO2.C2H5N/c1-8(2)7-11-12-9(3,4)10(5,6)13-11;1-2-3/h7H,1-6H3;2-3H,1H3. The van der Waals surface area contributed by atoms with E-state index in [1.54, 1.807) is 6.92 Å². The Labute approximate surface area is 99.9 Å². The summed E-state index contributed by atoms with van der Waals surface area (Å²) >= 11 is 0. The van der Waals surface area contributed by atoms with Crippen LogP contribution < -0.4 is 0 Å². The first-order valence-corrected chi connectivity index (χ1v) is 5.62.